The van der Waals surface area contributed by atoms with E-state index in [1.807, 2.05) is 13.8 Å². The largest absolute Gasteiger partial charge is 0.223 e. The first-order valence-electron chi connectivity index (χ1n) is 11.4. The summed E-state index contributed by atoms with van der Waals surface area (Å²) in [5.41, 5.74) is 2.84. The summed E-state index contributed by atoms with van der Waals surface area (Å²) in [5, 5.41) is 0. The average molecular weight is 555 g/mol. The van der Waals surface area contributed by atoms with Crippen molar-refractivity contribution in [3.63, 3.8) is 0 Å². The Bertz CT molecular complexity index is 1590. The first-order valence-corrected chi connectivity index (χ1v) is 16.2. The van der Waals surface area contributed by atoms with Gasteiger partial charge in [-0.25, -0.2) is 25.3 Å². The van der Waals surface area contributed by atoms with E-state index in [4.69, 9.17) is 0 Å². The number of aryl methyl sites for hydroxylation is 2. The van der Waals surface area contributed by atoms with Crippen LogP contribution in [-0.4, -0.2) is 25.3 Å². The lowest BCUT2D eigenvalue weighted by molar-refractivity contribution is 0.593. The molecule has 9 heteroatoms. The number of hydrogen-bond acceptors (Lipinski definition) is 6. The minimum Gasteiger partial charge on any atom is -0.223 e. The summed E-state index contributed by atoms with van der Waals surface area (Å²) in [6.07, 6.45) is 0. The molecule has 37 heavy (non-hydrogen) atoms. The van der Waals surface area contributed by atoms with Gasteiger partial charge in [-0.3, -0.25) is 0 Å². The maximum atomic E-state index is 13.1. The van der Waals surface area contributed by atoms with Crippen LogP contribution in [0.3, 0.4) is 0 Å². The second kappa shape index (κ2) is 10.2. The Balaban J connectivity index is 1.49. The second-order valence-corrected chi connectivity index (χ2v) is 14.9. The minimum atomic E-state index is -3.87. The molecule has 0 aliphatic rings. The summed E-state index contributed by atoms with van der Waals surface area (Å²) in [7, 11) is -11.0. The molecule has 4 aromatic carbocycles. The van der Waals surface area contributed by atoms with Crippen LogP contribution in [0, 0.1) is 13.8 Å². The molecule has 0 heterocycles. The molecule has 0 atom stereocenters. The molecule has 0 amide bonds. The van der Waals surface area contributed by atoms with E-state index in [0.29, 0.717) is 11.1 Å². The molecule has 0 N–H and O–H groups in total. The van der Waals surface area contributed by atoms with Crippen LogP contribution >= 0.6 is 0 Å². The van der Waals surface area contributed by atoms with Gasteiger partial charge in [0.05, 0.1) is 31.1 Å². The summed E-state index contributed by atoms with van der Waals surface area (Å²) >= 11 is 0. The predicted molar refractivity (Wildman–Crippen MR) is 142 cm³/mol. The quantitative estimate of drug-likeness (QED) is 0.301. The highest BCUT2D eigenvalue weighted by molar-refractivity contribution is 7.91. The fraction of sp³-hybridized carbons (Fsp3) is 0.143. The van der Waals surface area contributed by atoms with E-state index in [0.717, 1.165) is 11.1 Å². The number of hydrogen-bond donors (Lipinski definition) is 0. The van der Waals surface area contributed by atoms with E-state index in [9.17, 15) is 25.3 Å². The third-order valence-corrected chi connectivity index (χ3v) is 11.1. The normalized spacial score (nSPS) is 12.4. The van der Waals surface area contributed by atoms with Gasteiger partial charge in [-0.2, -0.15) is 0 Å². The van der Waals surface area contributed by atoms with E-state index in [1.165, 1.54) is 48.5 Å². The van der Waals surface area contributed by atoms with Crippen LogP contribution in [0.2, 0.25) is 0 Å². The number of sulfone groups is 3. The predicted octanol–water partition coefficient (Wildman–Crippen LogP) is 5.08. The molecule has 0 aliphatic carbocycles. The van der Waals surface area contributed by atoms with Gasteiger partial charge in [0.25, 0.3) is 0 Å². The lowest BCUT2D eigenvalue weighted by Crippen LogP contribution is -2.07. The van der Waals surface area contributed by atoms with Crippen LogP contribution < -0.4 is 0 Å². The lowest BCUT2D eigenvalue weighted by atomic mass is 10.2. The monoisotopic (exact) mass is 554 g/mol. The molecule has 0 saturated carbocycles. The van der Waals surface area contributed by atoms with Crippen molar-refractivity contribution in [2.75, 3.05) is 0 Å². The maximum Gasteiger partial charge on any atom is 0.206 e. The standard InChI is InChI=1S/C28H26O6S3/c1-21-3-11-25(12-4-21)35(29,30)19-23-7-15-27(16-8-23)37(33,34)28-17-9-24(10-18-28)20-36(31,32)26-13-5-22(2)6-14-26/h3-18H,19-20H2,1-2H3. The van der Waals surface area contributed by atoms with Gasteiger partial charge >= 0.3 is 0 Å². The summed E-state index contributed by atoms with van der Waals surface area (Å²) in [6, 6.07) is 24.6. The fourth-order valence-electron chi connectivity index (χ4n) is 3.76. The highest BCUT2D eigenvalue weighted by Crippen LogP contribution is 2.25. The van der Waals surface area contributed by atoms with Crippen molar-refractivity contribution < 1.29 is 25.3 Å². The van der Waals surface area contributed by atoms with Gasteiger partial charge in [0.2, 0.25) is 9.84 Å². The molecule has 0 radical (unpaired) electrons. The Morgan fingerprint density at radius 1 is 0.405 bits per heavy atom. The van der Waals surface area contributed by atoms with Gasteiger partial charge in [0.15, 0.2) is 19.7 Å². The molecule has 4 rings (SSSR count). The zero-order valence-corrected chi connectivity index (χ0v) is 22.8. The topological polar surface area (TPSA) is 102 Å². The third kappa shape index (κ3) is 6.18. The first kappa shape index (κ1) is 26.8. The first-order chi connectivity index (χ1) is 17.4. The fourth-order valence-corrected chi connectivity index (χ4v) is 7.72. The van der Waals surface area contributed by atoms with Gasteiger partial charge in [0.1, 0.15) is 0 Å². The molecule has 6 nitrogen and oxygen atoms in total. The van der Waals surface area contributed by atoms with Crippen LogP contribution in [-0.2, 0) is 41.0 Å². The SMILES string of the molecule is Cc1ccc(S(=O)(=O)Cc2ccc(S(=O)(=O)c3ccc(CS(=O)(=O)c4ccc(C)cc4)cc3)cc2)cc1. The Morgan fingerprint density at radius 2 is 0.676 bits per heavy atom. The van der Waals surface area contributed by atoms with E-state index in [1.54, 1.807) is 48.5 Å². The lowest BCUT2D eigenvalue weighted by Gasteiger charge is -2.09. The molecule has 0 spiro atoms. The van der Waals surface area contributed by atoms with Crippen LogP contribution in [0.4, 0.5) is 0 Å². The highest BCUT2D eigenvalue weighted by Gasteiger charge is 2.21. The zero-order valence-electron chi connectivity index (χ0n) is 20.3. The molecule has 0 fully saturated rings. The molecule has 4 aromatic rings. The smallest absolute Gasteiger partial charge is 0.206 e. The van der Waals surface area contributed by atoms with E-state index >= 15 is 0 Å². The molecule has 0 aliphatic heterocycles. The van der Waals surface area contributed by atoms with Crippen molar-refractivity contribution in [2.45, 2.75) is 44.9 Å². The van der Waals surface area contributed by atoms with Crippen LogP contribution in [0.25, 0.3) is 0 Å². The third-order valence-electron chi connectivity index (χ3n) is 5.94. The molecule has 192 valence electrons. The molecule has 0 saturated heterocycles. The molecule has 0 aromatic heterocycles. The highest BCUT2D eigenvalue weighted by atomic mass is 32.2. The van der Waals surface area contributed by atoms with Crippen molar-refractivity contribution in [1.29, 1.82) is 0 Å². The molecular weight excluding hydrogens is 529 g/mol. The summed E-state index contributed by atoms with van der Waals surface area (Å²) in [6.45, 7) is 3.74. The minimum absolute atomic E-state index is 0.0176. The van der Waals surface area contributed by atoms with E-state index < -0.39 is 29.5 Å². The van der Waals surface area contributed by atoms with Crippen molar-refractivity contribution in [3.8, 4) is 0 Å². The van der Waals surface area contributed by atoms with Crippen LogP contribution in [0.1, 0.15) is 22.3 Å². The van der Waals surface area contributed by atoms with E-state index in [-0.39, 0.29) is 31.1 Å². The maximum absolute atomic E-state index is 13.1. The van der Waals surface area contributed by atoms with Crippen molar-refractivity contribution in [1.82, 2.24) is 0 Å². The number of rotatable bonds is 8. The van der Waals surface area contributed by atoms with Gasteiger partial charge < -0.3 is 0 Å². The summed E-state index contributed by atoms with van der Waals surface area (Å²) in [4.78, 5) is 0.451. The van der Waals surface area contributed by atoms with Gasteiger partial charge in [0, 0.05) is 0 Å². The molecule has 0 bridgehead atoms. The van der Waals surface area contributed by atoms with Crippen LogP contribution in [0.5, 0.6) is 0 Å². The zero-order chi connectivity index (χ0) is 26.8. The Morgan fingerprint density at radius 3 is 0.973 bits per heavy atom. The van der Waals surface area contributed by atoms with Crippen molar-refractivity contribution in [3.05, 3.63) is 119 Å². The Kier molecular flexibility index (Phi) is 7.41. The van der Waals surface area contributed by atoms with E-state index in [2.05, 4.69) is 0 Å². The second-order valence-electron chi connectivity index (χ2n) is 8.94. The van der Waals surface area contributed by atoms with Gasteiger partial charge in [-0.15, -0.1) is 0 Å². The number of benzene rings is 4. The van der Waals surface area contributed by atoms with Crippen molar-refractivity contribution in [2.24, 2.45) is 0 Å². The summed E-state index contributed by atoms with van der Waals surface area (Å²) in [5.74, 6) is -0.499. The molecule has 0 unspecified atom stereocenters. The Labute approximate surface area is 218 Å². The van der Waals surface area contributed by atoms with Gasteiger partial charge in [-0.05, 0) is 73.5 Å². The van der Waals surface area contributed by atoms with Gasteiger partial charge in [-0.1, -0.05) is 59.7 Å². The van der Waals surface area contributed by atoms with Crippen molar-refractivity contribution >= 4 is 29.5 Å². The van der Waals surface area contributed by atoms with Crippen LogP contribution in [0.15, 0.2) is 117 Å². The molecular formula is C28H26O6S3. The summed E-state index contributed by atoms with van der Waals surface area (Å²) < 4.78 is 77.0. The average Bonchev–Trinajstić information content (AvgIpc) is 2.85. The Hall–Kier alpha value is -3.27.